The summed E-state index contributed by atoms with van der Waals surface area (Å²) in [6.07, 6.45) is 0.986. The lowest BCUT2D eigenvalue weighted by atomic mass is 10.0. The first-order valence-corrected chi connectivity index (χ1v) is 31.3. The van der Waals surface area contributed by atoms with Gasteiger partial charge in [-0.2, -0.15) is 0 Å². The molecule has 0 amide bonds. The Labute approximate surface area is 515 Å². The van der Waals surface area contributed by atoms with Gasteiger partial charge in [0.25, 0.3) is 0 Å². The molecular weight excluding hydrogens is 1100 g/mol. The van der Waals surface area contributed by atoms with Crippen molar-refractivity contribution in [2.75, 3.05) is 177 Å². The second-order valence-corrected chi connectivity index (χ2v) is 24.2. The van der Waals surface area contributed by atoms with Gasteiger partial charge in [-0.3, -0.25) is 48.5 Å². The van der Waals surface area contributed by atoms with Gasteiger partial charge >= 0.3 is 29.8 Å². The topological polar surface area (TPSA) is 221 Å². The van der Waals surface area contributed by atoms with Gasteiger partial charge < -0.3 is 58.6 Å². The summed E-state index contributed by atoms with van der Waals surface area (Å²) in [6.45, 7) is 38.6. The van der Waals surface area contributed by atoms with Crippen LogP contribution in [0.2, 0.25) is 0 Å². The van der Waals surface area contributed by atoms with E-state index in [4.69, 9.17) is 42.6 Å². The van der Waals surface area contributed by atoms with Crippen LogP contribution in [0.4, 0.5) is 0 Å². The number of esters is 5. The Bertz CT molecular complexity index is 2150. The molecule has 0 aromatic heterocycles. The molecule has 0 saturated carbocycles. The first-order valence-electron chi connectivity index (χ1n) is 31.3. The number of rotatable bonds is 26. The predicted octanol–water partition coefficient (Wildman–Crippen LogP) is 4.48. The molecule has 3 N–H and O–H groups in total. The Morgan fingerprint density at radius 3 is 1.01 bits per heavy atom. The third-order valence-corrected chi connectivity index (χ3v) is 13.4. The minimum Gasteiger partial charge on any atom is -0.491 e. The van der Waals surface area contributed by atoms with Gasteiger partial charge in [0.15, 0.2) is 0 Å². The number of hydrogen-bond acceptors (Lipinski definition) is 22. The van der Waals surface area contributed by atoms with E-state index in [-0.39, 0.29) is 62.1 Å². The minimum absolute atomic E-state index is 0.0327. The van der Waals surface area contributed by atoms with Crippen LogP contribution in [0.5, 0.6) is 11.5 Å². The fourth-order valence-corrected chi connectivity index (χ4v) is 9.42. The van der Waals surface area contributed by atoms with Crippen LogP contribution in [0.1, 0.15) is 101 Å². The maximum atomic E-state index is 13.7. The Hall–Kier alpha value is -5.01. The molecule has 0 radical (unpaired) electrons. The van der Waals surface area contributed by atoms with E-state index in [9.17, 15) is 24.0 Å². The van der Waals surface area contributed by atoms with Gasteiger partial charge in [0.1, 0.15) is 53.6 Å². The highest BCUT2D eigenvalue weighted by atomic mass is 16.6. The first kappa shape index (κ1) is 75.2. The Balaban J connectivity index is 0.000000525. The second-order valence-electron chi connectivity index (χ2n) is 24.2. The van der Waals surface area contributed by atoms with E-state index in [1.165, 1.54) is 0 Å². The molecule has 2 unspecified atom stereocenters. The van der Waals surface area contributed by atoms with Crippen LogP contribution < -0.4 is 25.4 Å². The number of hydrogen-bond donors (Lipinski definition) is 3. The van der Waals surface area contributed by atoms with Crippen LogP contribution in [0, 0.1) is 0 Å². The third kappa shape index (κ3) is 34.5. The number of carbonyl (C=O) groups is 5. The molecular formula is C64H110N8O14. The fraction of sp³-hybridized carbons (Fsp3) is 0.734. The summed E-state index contributed by atoms with van der Waals surface area (Å²) >= 11 is 0. The Morgan fingerprint density at radius 1 is 0.407 bits per heavy atom. The fourth-order valence-electron chi connectivity index (χ4n) is 9.42. The van der Waals surface area contributed by atoms with Crippen LogP contribution in [0.3, 0.4) is 0 Å². The Morgan fingerprint density at radius 2 is 0.709 bits per heavy atom. The lowest BCUT2D eigenvalue weighted by Crippen LogP contribution is -2.53. The molecule has 22 heteroatoms. The van der Waals surface area contributed by atoms with Gasteiger partial charge in [0.05, 0.1) is 46.1 Å². The molecule has 2 aromatic carbocycles. The highest BCUT2D eigenvalue weighted by Crippen LogP contribution is 2.20. The molecule has 2 atom stereocenters. The monoisotopic (exact) mass is 1210 g/mol. The molecule has 86 heavy (non-hydrogen) atoms. The largest absolute Gasteiger partial charge is 0.491 e. The number of carbonyl (C=O) groups excluding carboxylic acids is 5. The van der Waals surface area contributed by atoms with Crippen molar-refractivity contribution in [2.24, 2.45) is 0 Å². The summed E-state index contributed by atoms with van der Waals surface area (Å²) in [7, 11) is 0. The molecule has 2 saturated heterocycles. The molecule has 4 rings (SSSR count). The van der Waals surface area contributed by atoms with Gasteiger partial charge in [-0.05, 0) is 138 Å². The number of nitrogens with zero attached hydrogens (tertiary/aromatic N) is 5. The molecule has 2 aliphatic rings. The van der Waals surface area contributed by atoms with Gasteiger partial charge in [0, 0.05) is 118 Å². The zero-order chi connectivity index (χ0) is 63.4. The quantitative estimate of drug-likeness (QED) is 0.0672. The van der Waals surface area contributed by atoms with E-state index in [2.05, 4.69) is 25.8 Å². The average molecular weight is 1220 g/mol. The van der Waals surface area contributed by atoms with Crippen LogP contribution >= 0.6 is 0 Å². The van der Waals surface area contributed by atoms with Crippen LogP contribution in [-0.4, -0.2) is 260 Å². The summed E-state index contributed by atoms with van der Waals surface area (Å²) in [5.41, 5.74) is 0.0544. The normalized spacial score (nSPS) is 17.3. The molecule has 0 bridgehead atoms. The molecule has 2 aliphatic heterocycles. The van der Waals surface area contributed by atoms with Gasteiger partial charge in [-0.25, -0.2) is 0 Å². The third-order valence-electron chi connectivity index (χ3n) is 13.4. The molecule has 490 valence electrons. The van der Waals surface area contributed by atoms with Crippen LogP contribution in [-0.2, 0) is 70.0 Å². The zero-order valence-electron chi connectivity index (χ0n) is 54.7. The number of nitrogens with one attached hydrogen (secondary N) is 3. The lowest BCUT2D eigenvalue weighted by molar-refractivity contribution is -0.159. The molecule has 2 aromatic rings. The smallest absolute Gasteiger partial charge is 0.323 e. The molecule has 2 heterocycles. The van der Waals surface area contributed by atoms with Crippen molar-refractivity contribution in [1.29, 1.82) is 0 Å². The molecule has 0 spiro atoms. The molecule has 2 fully saturated rings. The maximum absolute atomic E-state index is 13.7. The minimum atomic E-state index is -0.658. The zero-order valence-corrected chi connectivity index (χ0v) is 54.7. The van der Waals surface area contributed by atoms with Crippen LogP contribution in [0.15, 0.2) is 48.5 Å². The molecule has 22 nitrogen and oxygen atoms in total. The van der Waals surface area contributed by atoms with E-state index in [0.717, 1.165) is 69.2 Å². The Kier molecular flexibility index (Phi) is 36.1. The van der Waals surface area contributed by atoms with Crippen molar-refractivity contribution in [3.63, 3.8) is 0 Å². The van der Waals surface area contributed by atoms with E-state index in [0.29, 0.717) is 117 Å². The summed E-state index contributed by atoms with van der Waals surface area (Å²) < 4.78 is 50.3. The number of ether oxygens (including phenoxy) is 9. The van der Waals surface area contributed by atoms with E-state index in [1.54, 1.807) is 6.92 Å². The summed E-state index contributed by atoms with van der Waals surface area (Å²) in [5.74, 6) is -0.0765. The van der Waals surface area contributed by atoms with Gasteiger partial charge in [-0.15, -0.1) is 0 Å². The SMILES string of the molecule is CCOCCOc1ccc(CC(C(=O)OCC)N2CCN(CC(=O)OC(C)(C)C)CCN(CC(=O)OC(C)(C)C)CCN(CC(=O)OC(C)(C)C)CC2)cc1.CCOCCOc1ccc(CC(C(=O)OCC)N2CCNCCNCCNCC2)cc1. The average Bonchev–Trinajstić information content (AvgIpc) is 3.44. The van der Waals surface area contributed by atoms with Gasteiger partial charge in [0.2, 0.25) is 0 Å². The summed E-state index contributed by atoms with van der Waals surface area (Å²) in [5, 5.41) is 10.3. The van der Waals surface area contributed by atoms with Crippen molar-refractivity contribution < 1.29 is 66.6 Å². The maximum Gasteiger partial charge on any atom is 0.323 e. The highest BCUT2D eigenvalue weighted by Gasteiger charge is 2.32. The standard InChI is InChI=1S/C41H70N4O10.C23H40N4O4/c1-12-50-26-27-52-33-16-14-32(15-17-33)28-34(38(49)51-13-2)45-24-22-43(30-36(47)54-40(6,7)8)20-18-42(29-35(46)53-39(3,4)5)19-21-44(23-25-45)31-37(48)55-41(9,10)11;1-3-29-17-18-31-21-7-5-20(6-8-21)19-22(23(28)30-4-2)27-15-13-25-11-9-24-10-12-26-14-16-27/h14-17,34H,12-13,18-31H2,1-11H3;5-8,22,24-26H,3-4,9-19H2,1-2H3. The summed E-state index contributed by atoms with van der Waals surface area (Å²) in [6, 6.07) is 14.7. The lowest BCUT2D eigenvalue weighted by Gasteiger charge is -2.36. The molecule has 0 aliphatic carbocycles. The highest BCUT2D eigenvalue weighted by molar-refractivity contribution is 5.77. The van der Waals surface area contributed by atoms with E-state index in [1.807, 2.05) is 146 Å². The van der Waals surface area contributed by atoms with Crippen molar-refractivity contribution in [3.8, 4) is 11.5 Å². The van der Waals surface area contributed by atoms with Crippen molar-refractivity contribution in [1.82, 2.24) is 40.4 Å². The van der Waals surface area contributed by atoms with Crippen molar-refractivity contribution in [2.45, 2.75) is 132 Å². The number of benzene rings is 2. The van der Waals surface area contributed by atoms with Crippen molar-refractivity contribution in [3.05, 3.63) is 59.7 Å². The van der Waals surface area contributed by atoms with Crippen molar-refractivity contribution >= 4 is 29.8 Å². The van der Waals surface area contributed by atoms with E-state index >= 15 is 0 Å². The van der Waals surface area contributed by atoms with Gasteiger partial charge in [-0.1, -0.05) is 24.3 Å². The second kappa shape index (κ2) is 41.3. The first-order chi connectivity index (χ1) is 40.9. The van der Waals surface area contributed by atoms with E-state index < -0.39 is 22.8 Å². The summed E-state index contributed by atoms with van der Waals surface area (Å²) in [4.78, 5) is 76.1. The predicted molar refractivity (Wildman–Crippen MR) is 334 cm³/mol. The van der Waals surface area contributed by atoms with Crippen LogP contribution in [0.25, 0.3) is 0 Å².